The summed E-state index contributed by atoms with van der Waals surface area (Å²) in [5.41, 5.74) is 0. The Labute approximate surface area is 72.0 Å². The van der Waals surface area contributed by atoms with Crippen molar-refractivity contribution in [2.24, 2.45) is 0 Å². The SMILES string of the molecule is CCn1ncnc1[C@H](O)C(F)(F)F. The molecule has 0 aliphatic rings. The van der Waals surface area contributed by atoms with Gasteiger partial charge in [-0.2, -0.15) is 18.3 Å². The lowest BCUT2D eigenvalue weighted by atomic mass is 10.3. The second-order valence-electron chi connectivity index (χ2n) is 2.38. The number of aliphatic hydroxyl groups is 1. The quantitative estimate of drug-likeness (QED) is 0.762. The smallest absolute Gasteiger partial charge is 0.377 e. The van der Waals surface area contributed by atoms with Crippen LogP contribution in [0.4, 0.5) is 13.2 Å². The highest BCUT2D eigenvalue weighted by Crippen LogP contribution is 2.30. The van der Waals surface area contributed by atoms with Gasteiger partial charge in [-0.25, -0.2) is 9.67 Å². The minimum atomic E-state index is -4.69. The molecule has 0 spiro atoms. The van der Waals surface area contributed by atoms with E-state index in [-0.39, 0.29) is 6.54 Å². The van der Waals surface area contributed by atoms with Gasteiger partial charge in [0.15, 0.2) is 5.82 Å². The monoisotopic (exact) mass is 195 g/mol. The molecule has 0 aliphatic carbocycles. The molecular weight excluding hydrogens is 187 g/mol. The molecule has 0 fully saturated rings. The van der Waals surface area contributed by atoms with E-state index < -0.39 is 18.1 Å². The van der Waals surface area contributed by atoms with E-state index in [2.05, 4.69) is 10.1 Å². The summed E-state index contributed by atoms with van der Waals surface area (Å²) in [4.78, 5) is 3.34. The van der Waals surface area contributed by atoms with Crippen molar-refractivity contribution in [1.29, 1.82) is 0 Å². The van der Waals surface area contributed by atoms with Gasteiger partial charge in [-0.05, 0) is 6.92 Å². The molecule has 13 heavy (non-hydrogen) atoms. The highest BCUT2D eigenvalue weighted by Gasteiger charge is 2.42. The summed E-state index contributed by atoms with van der Waals surface area (Å²) in [7, 11) is 0. The lowest BCUT2D eigenvalue weighted by Crippen LogP contribution is -2.24. The van der Waals surface area contributed by atoms with Crippen molar-refractivity contribution in [3.05, 3.63) is 12.2 Å². The second kappa shape index (κ2) is 3.33. The van der Waals surface area contributed by atoms with E-state index in [0.717, 1.165) is 11.0 Å². The van der Waals surface area contributed by atoms with Crippen LogP contribution in [-0.2, 0) is 6.54 Å². The average molecular weight is 195 g/mol. The Morgan fingerprint density at radius 2 is 2.23 bits per heavy atom. The molecule has 1 heterocycles. The first-order valence-electron chi connectivity index (χ1n) is 3.59. The Kier molecular flexibility index (Phi) is 2.55. The Morgan fingerprint density at radius 1 is 1.62 bits per heavy atom. The van der Waals surface area contributed by atoms with Gasteiger partial charge in [-0.15, -0.1) is 0 Å². The number of hydrogen-bond acceptors (Lipinski definition) is 3. The number of alkyl halides is 3. The Morgan fingerprint density at radius 3 is 2.69 bits per heavy atom. The topological polar surface area (TPSA) is 50.9 Å². The minimum absolute atomic E-state index is 0.239. The number of rotatable bonds is 2. The van der Waals surface area contributed by atoms with Crippen LogP contribution >= 0.6 is 0 Å². The zero-order valence-corrected chi connectivity index (χ0v) is 6.78. The maximum Gasteiger partial charge on any atom is 0.421 e. The Bertz CT molecular complexity index is 283. The predicted octanol–water partition coefficient (Wildman–Crippen LogP) is 0.894. The van der Waals surface area contributed by atoms with Gasteiger partial charge in [0.2, 0.25) is 6.10 Å². The largest absolute Gasteiger partial charge is 0.421 e. The first-order valence-corrected chi connectivity index (χ1v) is 3.59. The van der Waals surface area contributed by atoms with Crippen LogP contribution in [0.2, 0.25) is 0 Å². The van der Waals surface area contributed by atoms with Crippen molar-refractivity contribution in [2.45, 2.75) is 25.7 Å². The summed E-state index contributed by atoms with van der Waals surface area (Å²) < 4.78 is 37.0. The number of aryl methyl sites for hydroxylation is 1. The van der Waals surface area contributed by atoms with E-state index in [1.165, 1.54) is 0 Å². The molecule has 0 saturated carbocycles. The first kappa shape index (κ1) is 9.97. The van der Waals surface area contributed by atoms with Gasteiger partial charge in [-0.3, -0.25) is 0 Å². The van der Waals surface area contributed by atoms with Crippen molar-refractivity contribution in [3.8, 4) is 0 Å². The number of aromatic nitrogens is 3. The molecule has 4 nitrogen and oxygen atoms in total. The van der Waals surface area contributed by atoms with Gasteiger partial charge in [-0.1, -0.05) is 0 Å². The summed E-state index contributed by atoms with van der Waals surface area (Å²) in [6.07, 6.45) is -6.27. The highest BCUT2D eigenvalue weighted by atomic mass is 19.4. The summed E-state index contributed by atoms with van der Waals surface area (Å²) in [5.74, 6) is -0.477. The Hall–Kier alpha value is -1.11. The lowest BCUT2D eigenvalue weighted by molar-refractivity contribution is -0.210. The van der Waals surface area contributed by atoms with E-state index in [9.17, 15) is 13.2 Å². The third kappa shape index (κ3) is 1.97. The van der Waals surface area contributed by atoms with Crippen LogP contribution in [0.5, 0.6) is 0 Å². The number of halogens is 3. The Balaban J connectivity index is 2.94. The molecule has 0 radical (unpaired) electrons. The molecule has 1 aromatic rings. The van der Waals surface area contributed by atoms with Gasteiger partial charge >= 0.3 is 6.18 Å². The molecular formula is C6H8F3N3O. The molecule has 0 amide bonds. The van der Waals surface area contributed by atoms with Crippen LogP contribution in [0.15, 0.2) is 6.33 Å². The van der Waals surface area contributed by atoms with Crippen molar-refractivity contribution in [3.63, 3.8) is 0 Å². The average Bonchev–Trinajstić information content (AvgIpc) is 2.48. The lowest BCUT2D eigenvalue weighted by Gasteiger charge is -2.13. The summed E-state index contributed by atoms with van der Waals surface area (Å²) in [5, 5.41) is 12.3. The van der Waals surface area contributed by atoms with Crippen LogP contribution in [0.25, 0.3) is 0 Å². The zero-order valence-electron chi connectivity index (χ0n) is 6.78. The van der Waals surface area contributed by atoms with E-state index in [4.69, 9.17) is 5.11 Å². The molecule has 7 heteroatoms. The van der Waals surface area contributed by atoms with Crippen molar-refractivity contribution < 1.29 is 18.3 Å². The van der Waals surface area contributed by atoms with E-state index in [1.54, 1.807) is 6.92 Å². The fraction of sp³-hybridized carbons (Fsp3) is 0.667. The number of aliphatic hydroxyl groups excluding tert-OH is 1. The molecule has 1 rings (SSSR count). The minimum Gasteiger partial charge on any atom is -0.377 e. The van der Waals surface area contributed by atoms with Crippen molar-refractivity contribution in [2.75, 3.05) is 0 Å². The predicted molar refractivity (Wildman–Crippen MR) is 36.7 cm³/mol. The molecule has 0 bridgehead atoms. The second-order valence-corrected chi connectivity index (χ2v) is 2.38. The zero-order chi connectivity index (χ0) is 10.1. The van der Waals surface area contributed by atoms with Crippen LogP contribution in [0.1, 0.15) is 18.9 Å². The number of hydrogen-bond donors (Lipinski definition) is 1. The van der Waals surface area contributed by atoms with Crippen LogP contribution < -0.4 is 0 Å². The van der Waals surface area contributed by atoms with Crippen molar-refractivity contribution >= 4 is 0 Å². The van der Waals surface area contributed by atoms with Gasteiger partial charge in [0.25, 0.3) is 0 Å². The number of nitrogens with zero attached hydrogens (tertiary/aromatic N) is 3. The van der Waals surface area contributed by atoms with Crippen LogP contribution in [-0.4, -0.2) is 26.0 Å². The molecule has 0 aromatic carbocycles. The fourth-order valence-electron chi connectivity index (χ4n) is 0.875. The molecule has 0 unspecified atom stereocenters. The first-order chi connectivity index (χ1) is 5.96. The highest BCUT2D eigenvalue weighted by molar-refractivity contribution is 4.93. The van der Waals surface area contributed by atoms with Gasteiger partial charge in [0, 0.05) is 6.54 Å². The van der Waals surface area contributed by atoms with Crippen molar-refractivity contribution in [1.82, 2.24) is 14.8 Å². The van der Waals surface area contributed by atoms with E-state index in [0.29, 0.717) is 0 Å². The summed E-state index contributed by atoms with van der Waals surface area (Å²) in [6, 6.07) is 0. The van der Waals surface area contributed by atoms with Gasteiger partial charge in [0.05, 0.1) is 0 Å². The van der Waals surface area contributed by atoms with Crippen LogP contribution in [0, 0.1) is 0 Å². The summed E-state index contributed by atoms with van der Waals surface area (Å²) >= 11 is 0. The van der Waals surface area contributed by atoms with Gasteiger partial charge in [0.1, 0.15) is 6.33 Å². The van der Waals surface area contributed by atoms with E-state index >= 15 is 0 Å². The standard InChI is InChI=1S/C6H8F3N3O/c1-2-12-5(10-3-11-12)4(13)6(7,8)9/h3-4,13H,2H2,1H3/t4-/m0/s1. The third-order valence-electron chi connectivity index (χ3n) is 1.50. The normalized spacial score (nSPS) is 14.5. The molecule has 1 N–H and O–H groups in total. The summed E-state index contributed by atoms with van der Waals surface area (Å²) in [6.45, 7) is 1.85. The molecule has 1 aromatic heterocycles. The van der Waals surface area contributed by atoms with E-state index in [1.807, 2.05) is 0 Å². The third-order valence-corrected chi connectivity index (χ3v) is 1.50. The van der Waals surface area contributed by atoms with Crippen LogP contribution in [0.3, 0.4) is 0 Å². The maximum atomic E-state index is 12.0. The molecule has 74 valence electrons. The molecule has 0 aliphatic heterocycles. The molecule has 1 atom stereocenters. The molecule has 0 saturated heterocycles. The maximum absolute atomic E-state index is 12.0. The van der Waals surface area contributed by atoms with Gasteiger partial charge < -0.3 is 5.11 Å². The fourth-order valence-corrected chi connectivity index (χ4v) is 0.875.